The summed E-state index contributed by atoms with van der Waals surface area (Å²) in [4.78, 5) is 22.5. The maximum Gasteiger partial charge on any atom is 0.343 e. The van der Waals surface area contributed by atoms with Crippen molar-refractivity contribution in [2.75, 3.05) is 40.1 Å². The predicted octanol–water partition coefficient (Wildman–Crippen LogP) is 3.99. The van der Waals surface area contributed by atoms with E-state index in [4.69, 9.17) is 24.2 Å². The molecule has 1 heterocycles. The fraction of sp³-hybridized carbons (Fsp3) is 0.346. The molecular formula is C26H28FNO7. The number of ether oxygens (including phenoxy) is 5. The standard InChI is InChI=1S/C22H21FO6.C4H7NO/c23-21-14-19(8-3-16(21)2-1-10-24)29-22(25)17-4-6-18(7-5-17)27-13-12-26-11-9-20-15-28-20;1-6-4-2-3-5/h1-8,10,14,20H,9,11-13,15H2;2,4H2,1H3/b2-1+;. The molecule has 0 saturated carbocycles. The highest BCUT2D eigenvalue weighted by Gasteiger charge is 2.21. The van der Waals surface area contributed by atoms with Crippen LogP contribution < -0.4 is 9.47 Å². The van der Waals surface area contributed by atoms with Gasteiger partial charge in [0, 0.05) is 25.3 Å². The summed E-state index contributed by atoms with van der Waals surface area (Å²) in [6.07, 6.45) is 4.83. The van der Waals surface area contributed by atoms with Crippen molar-refractivity contribution >= 4 is 18.3 Å². The molecule has 0 amide bonds. The van der Waals surface area contributed by atoms with Gasteiger partial charge in [-0.25, -0.2) is 9.18 Å². The highest BCUT2D eigenvalue weighted by atomic mass is 19.1. The molecular weight excluding hydrogens is 457 g/mol. The molecule has 1 atom stereocenters. The van der Waals surface area contributed by atoms with Gasteiger partial charge in [-0.15, -0.1) is 0 Å². The van der Waals surface area contributed by atoms with Gasteiger partial charge in [-0.05, 0) is 55.0 Å². The van der Waals surface area contributed by atoms with Crippen LogP contribution in [0.4, 0.5) is 4.39 Å². The number of allylic oxidation sites excluding steroid dienone is 1. The molecule has 35 heavy (non-hydrogen) atoms. The molecule has 2 aromatic rings. The third-order valence-corrected chi connectivity index (χ3v) is 4.53. The first-order valence-electron chi connectivity index (χ1n) is 11.0. The number of methoxy groups -OCH3 is 1. The van der Waals surface area contributed by atoms with E-state index in [1.54, 1.807) is 31.4 Å². The molecule has 0 aromatic heterocycles. The van der Waals surface area contributed by atoms with E-state index < -0.39 is 11.8 Å². The van der Waals surface area contributed by atoms with E-state index in [9.17, 15) is 14.0 Å². The van der Waals surface area contributed by atoms with E-state index in [-0.39, 0.29) is 11.3 Å². The minimum Gasteiger partial charge on any atom is -0.491 e. The van der Waals surface area contributed by atoms with Crippen molar-refractivity contribution in [3.63, 3.8) is 0 Å². The smallest absolute Gasteiger partial charge is 0.343 e. The summed E-state index contributed by atoms with van der Waals surface area (Å²) >= 11 is 0. The third-order valence-electron chi connectivity index (χ3n) is 4.53. The Balaban J connectivity index is 0.000000641. The van der Waals surface area contributed by atoms with Crippen LogP contribution in [-0.4, -0.2) is 58.5 Å². The molecule has 8 nitrogen and oxygen atoms in total. The second-order valence-corrected chi connectivity index (χ2v) is 7.20. The molecule has 1 unspecified atom stereocenters. The lowest BCUT2D eigenvalue weighted by molar-refractivity contribution is -0.104. The van der Waals surface area contributed by atoms with Crippen molar-refractivity contribution in [2.45, 2.75) is 18.9 Å². The molecule has 3 rings (SSSR count). The van der Waals surface area contributed by atoms with E-state index in [0.717, 1.165) is 19.1 Å². The lowest BCUT2D eigenvalue weighted by Crippen LogP contribution is -2.10. The second-order valence-electron chi connectivity index (χ2n) is 7.20. The summed E-state index contributed by atoms with van der Waals surface area (Å²) in [7, 11) is 1.58. The molecule has 9 heteroatoms. The SMILES string of the molecule is COCCC#N.O=C/C=C/c1ccc(OC(=O)c2ccc(OCCOCCC3CO3)cc2)cc1F. The summed E-state index contributed by atoms with van der Waals surface area (Å²) in [6, 6.07) is 12.4. The minimum absolute atomic E-state index is 0.0739. The van der Waals surface area contributed by atoms with Crippen molar-refractivity contribution in [2.24, 2.45) is 0 Å². The van der Waals surface area contributed by atoms with Crippen molar-refractivity contribution in [3.8, 4) is 17.6 Å². The second kappa shape index (κ2) is 16.1. The normalized spacial score (nSPS) is 13.9. The third kappa shape index (κ3) is 11.4. The van der Waals surface area contributed by atoms with Crippen LogP contribution in [-0.2, 0) is 19.0 Å². The zero-order valence-corrected chi connectivity index (χ0v) is 19.5. The fourth-order valence-electron chi connectivity index (χ4n) is 2.62. The summed E-state index contributed by atoms with van der Waals surface area (Å²) in [5.74, 6) is -0.528. The number of esters is 1. The molecule has 186 valence electrons. The van der Waals surface area contributed by atoms with E-state index in [1.807, 2.05) is 6.07 Å². The van der Waals surface area contributed by atoms with E-state index in [0.29, 0.717) is 56.6 Å². The highest BCUT2D eigenvalue weighted by Crippen LogP contribution is 2.20. The van der Waals surface area contributed by atoms with Crippen molar-refractivity contribution in [3.05, 3.63) is 65.5 Å². The Morgan fingerprint density at radius 1 is 1.14 bits per heavy atom. The number of rotatable bonds is 13. The van der Waals surface area contributed by atoms with Gasteiger partial charge in [0.25, 0.3) is 0 Å². The van der Waals surface area contributed by atoms with Gasteiger partial charge in [0.15, 0.2) is 0 Å². The summed E-state index contributed by atoms with van der Waals surface area (Å²) in [5, 5.41) is 7.87. The van der Waals surface area contributed by atoms with Crippen LogP contribution in [0, 0.1) is 17.1 Å². The first-order valence-corrected chi connectivity index (χ1v) is 11.0. The Morgan fingerprint density at radius 2 is 1.89 bits per heavy atom. The average molecular weight is 486 g/mol. The molecule has 1 aliphatic rings. The number of carbonyl (C=O) groups is 2. The Hall–Kier alpha value is -3.58. The first kappa shape index (κ1) is 27.7. The number of carbonyl (C=O) groups excluding carboxylic acids is 2. The topological polar surface area (TPSA) is 107 Å². The zero-order valence-electron chi connectivity index (χ0n) is 19.5. The van der Waals surface area contributed by atoms with Crippen molar-refractivity contribution < 1.29 is 37.7 Å². The van der Waals surface area contributed by atoms with Gasteiger partial charge in [0.2, 0.25) is 0 Å². The Bertz CT molecular complexity index is 998. The van der Waals surface area contributed by atoms with Gasteiger partial charge in [0.1, 0.15) is 30.2 Å². The molecule has 1 fully saturated rings. The molecule has 0 radical (unpaired) electrons. The maximum absolute atomic E-state index is 13.9. The van der Waals surface area contributed by atoms with E-state index >= 15 is 0 Å². The molecule has 0 spiro atoms. The van der Waals surface area contributed by atoms with Gasteiger partial charge in [-0.2, -0.15) is 5.26 Å². The molecule has 0 bridgehead atoms. The number of hydrogen-bond donors (Lipinski definition) is 0. The van der Waals surface area contributed by atoms with Gasteiger partial charge in [-0.1, -0.05) is 0 Å². The summed E-state index contributed by atoms with van der Waals surface area (Å²) in [5.41, 5.74) is 0.534. The summed E-state index contributed by atoms with van der Waals surface area (Å²) in [6.45, 7) is 2.90. The van der Waals surface area contributed by atoms with Crippen LogP contribution in [0.25, 0.3) is 6.08 Å². The number of nitrogens with zero attached hydrogens (tertiary/aromatic N) is 1. The zero-order chi connectivity index (χ0) is 25.3. The van der Waals surface area contributed by atoms with Gasteiger partial charge in [-0.3, -0.25) is 4.79 Å². The van der Waals surface area contributed by atoms with Gasteiger partial charge < -0.3 is 23.7 Å². The molecule has 2 aromatic carbocycles. The minimum atomic E-state index is -0.613. The molecule has 1 aliphatic heterocycles. The van der Waals surface area contributed by atoms with Crippen LogP contribution in [0.15, 0.2) is 48.5 Å². The number of epoxide rings is 1. The number of halogens is 1. The Labute approximate surface area is 203 Å². The number of nitriles is 1. The molecule has 0 aliphatic carbocycles. The van der Waals surface area contributed by atoms with Crippen LogP contribution in [0.5, 0.6) is 11.5 Å². The number of benzene rings is 2. The first-order chi connectivity index (χ1) is 17.1. The van der Waals surface area contributed by atoms with Crippen molar-refractivity contribution in [1.29, 1.82) is 5.26 Å². The van der Waals surface area contributed by atoms with Crippen molar-refractivity contribution in [1.82, 2.24) is 0 Å². The van der Waals surface area contributed by atoms with Crippen LogP contribution in [0.1, 0.15) is 28.8 Å². The van der Waals surface area contributed by atoms with Gasteiger partial charge in [0.05, 0.1) is 44.0 Å². The highest BCUT2D eigenvalue weighted by molar-refractivity contribution is 5.91. The van der Waals surface area contributed by atoms with E-state index in [1.165, 1.54) is 24.3 Å². The van der Waals surface area contributed by atoms with Crippen LogP contribution in [0.2, 0.25) is 0 Å². The summed E-state index contributed by atoms with van der Waals surface area (Å²) < 4.78 is 39.8. The lowest BCUT2D eigenvalue weighted by atomic mass is 10.2. The van der Waals surface area contributed by atoms with Crippen LogP contribution >= 0.6 is 0 Å². The average Bonchev–Trinajstić information content (AvgIpc) is 3.69. The molecule has 0 N–H and O–H groups in total. The Morgan fingerprint density at radius 3 is 2.49 bits per heavy atom. The fourth-order valence-corrected chi connectivity index (χ4v) is 2.62. The Kier molecular flexibility index (Phi) is 12.7. The predicted molar refractivity (Wildman–Crippen MR) is 126 cm³/mol. The van der Waals surface area contributed by atoms with Gasteiger partial charge >= 0.3 is 5.97 Å². The monoisotopic (exact) mass is 485 g/mol. The number of hydrogen-bond acceptors (Lipinski definition) is 8. The maximum atomic E-state index is 13.9. The lowest BCUT2D eigenvalue weighted by Gasteiger charge is -2.08. The largest absolute Gasteiger partial charge is 0.491 e. The van der Waals surface area contributed by atoms with Crippen LogP contribution in [0.3, 0.4) is 0 Å². The van der Waals surface area contributed by atoms with E-state index in [2.05, 4.69) is 4.74 Å². The molecule has 1 saturated heterocycles. The number of aldehydes is 1. The quantitative estimate of drug-likeness (QED) is 0.105.